The highest BCUT2D eigenvalue weighted by Gasteiger charge is 2.09. The minimum atomic E-state index is 0.645. The first-order chi connectivity index (χ1) is 9.11. The van der Waals surface area contributed by atoms with Crippen molar-refractivity contribution in [3.63, 3.8) is 0 Å². The van der Waals surface area contributed by atoms with Crippen LogP contribution in [-0.4, -0.2) is 4.98 Å². The molecule has 3 aromatic rings. The molecule has 1 heterocycles. The molecule has 0 aliphatic heterocycles. The molecule has 0 bridgehead atoms. The van der Waals surface area contributed by atoms with Gasteiger partial charge in [-0.1, -0.05) is 23.7 Å². The van der Waals surface area contributed by atoms with E-state index >= 15 is 0 Å². The van der Waals surface area contributed by atoms with Gasteiger partial charge in [0.25, 0.3) is 0 Å². The Labute approximate surface area is 116 Å². The number of benzene rings is 2. The number of nitrogen functional groups attached to an aromatic ring is 1. The van der Waals surface area contributed by atoms with Crippen molar-refractivity contribution in [2.24, 2.45) is 0 Å². The molecule has 19 heavy (non-hydrogen) atoms. The van der Waals surface area contributed by atoms with Crippen molar-refractivity contribution < 1.29 is 4.42 Å². The van der Waals surface area contributed by atoms with Crippen molar-refractivity contribution in [1.82, 2.24) is 4.98 Å². The Morgan fingerprint density at radius 1 is 1.21 bits per heavy atom. The topological polar surface area (TPSA) is 52.0 Å². The fraction of sp³-hybridized carbons (Fsp3) is 0.133. The van der Waals surface area contributed by atoms with E-state index in [1.165, 1.54) is 0 Å². The summed E-state index contributed by atoms with van der Waals surface area (Å²) in [7, 11) is 0. The molecule has 0 saturated carbocycles. The van der Waals surface area contributed by atoms with Crippen LogP contribution in [0.4, 0.5) is 5.69 Å². The number of fused-ring (bicyclic) bond motifs is 1. The van der Waals surface area contributed by atoms with Crippen LogP contribution in [0.3, 0.4) is 0 Å². The van der Waals surface area contributed by atoms with Gasteiger partial charge in [0.2, 0.25) is 0 Å². The molecule has 4 heteroatoms. The second kappa shape index (κ2) is 4.59. The molecular weight excluding hydrogens is 260 g/mol. The van der Waals surface area contributed by atoms with Crippen molar-refractivity contribution in [3.8, 4) is 0 Å². The van der Waals surface area contributed by atoms with Gasteiger partial charge in [0.15, 0.2) is 11.5 Å². The fourth-order valence-corrected chi connectivity index (χ4v) is 2.36. The number of aryl methyl sites for hydroxylation is 1. The number of hydrogen-bond acceptors (Lipinski definition) is 3. The predicted octanol–water partition coefficient (Wildman–Crippen LogP) is 3.96. The zero-order chi connectivity index (χ0) is 13.4. The Balaban J connectivity index is 1.97. The van der Waals surface area contributed by atoms with Crippen LogP contribution < -0.4 is 5.73 Å². The molecule has 0 atom stereocenters. The lowest BCUT2D eigenvalue weighted by atomic mass is 10.1. The van der Waals surface area contributed by atoms with Crippen molar-refractivity contribution >= 4 is 28.4 Å². The van der Waals surface area contributed by atoms with E-state index in [1.54, 1.807) is 0 Å². The summed E-state index contributed by atoms with van der Waals surface area (Å²) in [6.45, 7) is 1.96. The van der Waals surface area contributed by atoms with Crippen molar-refractivity contribution in [2.75, 3.05) is 5.73 Å². The average molecular weight is 273 g/mol. The molecule has 0 aliphatic carbocycles. The van der Waals surface area contributed by atoms with E-state index in [1.807, 2.05) is 43.3 Å². The number of halogens is 1. The second-order valence-electron chi connectivity index (χ2n) is 4.60. The summed E-state index contributed by atoms with van der Waals surface area (Å²) in [5.41, 5.74) is 10.1. The number of hydrogen-bond donors (Lipinski definition) is 1. The Morgan fingerprint density at radius 3 is 2.68 bits per heavy atom. The van der Waals surface area contributed by atoms with Gasteiger partial charge in [0.1, 0.15) is 5.52 Å². The first-order valence-electron chi connectivity index (χ1n) is 6.02. The standard InChI is InChI=1S/C15H13ClN2O/c1-9-6-11(16)8-13-15(9)19-14(18-13)7-10-2-4-12(17)5-3-10/h2-6,8H,7,17H2,1H3. The van der Waals surface area contributed by atoms with Crippen LogP contribution in [0.25, 0.3) is 11.1 Å². The third kappa shape index (κ3) is 2.42. The van der Waals surface area contributed by atoms with Crippen LogP contribution in [0.2, 0.25) is 5.02 Å². The van der Waals surface area contributed by atoms with Crippen LogP contribution >= 0.6 is 11.6 Å². The van der Waals surface area contributed by atoms with E-state index in [0.29, 0.717) is 17.3 Å². The molecule has 0 radical (unpaired) electrons. The Morgan fingerprint density at radius 2 is 1.95 bits per heavy atom. The van der Waals surface area contributed by atoms with Gasteiger partial charge in [-0.3, -0.25) is 0 Å². The number of oxazole rings is 1. The third-order valence-corrected chi connectivity index (χ3v) is 3.24. The van der Waals surface area contributed by atoms with Gasteiger partial charge in [-0.05, 0) is 42.3 Å². The van der Waals surface area contributed by atoms with E-state index in [4.69, 9.17) is 21.8 Å². The van der Waals surface area contributed by atoms with Gasteiger partial charge in [0, 0.05) is 17.1 Å². The van der Waals surface area contributed by atoms with Crippen LogP contribution in [0.5, 0.6) is 0 Å². The van der Waals surface area contributed by atoms with E-state index in [2.05, 4.69) is 4.98 Å². The van der Waals surface area contributed by atoms with Gasteiger partial charge in [-0.25, -0.2) is 4.98 Å². The maximum Gasteiger partial charge on any atom is 0.199 e. The second-order valence-corrected chi connectivity index (χ2v) is 5.03. The largest absolute Gasteiger partial charge is 0.440 e. The van der Waals surface area contributed by atoms with Gasteiger partial charge >= 0.3 is 0 Å². The SMILES string of the molecule is Cc1cc(Cl)cc2nc(Cc3ccc(N)cc3)oc12. The molecule has 0 spiro atoms. The van der Waals surface area contributed by atoms with Crippen LogP contribution in [0, 0.1) is 6.92 Å². The number of aromatic nitrogens is 1. The zero-order valence-corrected chi connectivity index (χ0v) is 11.2. The number of rotatable bonds is 2. The van der Waals surface area contributed by atoms with Gasteiger partial charge in [0.05, 0.1) is 0 Å². The average Bonchev–Trinajstić information content (AvgIpc) is 2.75. The lowest BCUT2D eigenvalue weighted by molar-refractivity contribution is 0.542. The first-order valence-corrected chi connectivity index (χ1v) is 6.39. The van der Waals surface area contributed by atoms with Crippen LogP contribution in [-0.2, 0) is 6.42 Å². The van der Waals surface area contributed by atoms with Crippen molar-refractivity contribution in [2.45, 2.75) is 13.3 Å². The number of nitrogens with zero attached hydrogens (tertiary/aromatic N) is 1. The zero-order valence-electron chi connectivity index (χ0n) is 10.5. The maximum absolute atomic E-state index is 6.02. The highest BCUT2D eigenvalue weighted by Crippen LogP contribution is 2.25. The Hall–Kier alpha value is -2.00. The molecule has 0 unspecified atom stereocenters. The Bertz CT molecular complexity index is 732. The summed E-state index contributed by atoms with van der Waals surface area (Å²) in [5, 5.41) is 0.678. The monoisotopic (exact) mass is 272 g/mol. The number of anilines is 1. The van der Waals surface area contributed by atoms with Gasteiger partial charge < -0.3 is 10.2 Å². The highest BCUT2D eigenvalue weighted by molar-refractivity contribution is 6.31. The molecule has 3 rings (SSSR count). The minimum absolute atomic E-state index is 0.645. The van der Waals surface area contributed by atoms with Gasteiger partial charge in [-0.15, -0.1) is 0 Å². The quantitative estimate of drug-likeness (QED) is 0.718. The molecule has 0 fully saturated rings. The predicted molar refractivity (Wildman–Crippen MR) is 77.4 cm³/mol. The minimum Gasteiger partial charge on any atom is -0.440 e. The lowest BCUT2D eigenvalue weighted by Crippen LogP contribution is -1.89. The molecule has 96 valence electrons. The van der Waals surface area contributed by atoms with Gasteiger partial charge in [-0.2, -0.15) is 0 Å². The summed E-state index contributed by atoms with van der Waals surface area (Å²) < 4.78 is 5.79. The summed E-state index contributed by atoms with van der Waals surface area (Å²) in [5.74, 6) is 0.685. The molecule has 0 saturated heterocycles. The molecule has 1 aromatic heterocycles. The van der Waals surface area contributed by atoms with Crippen LogP contribution in [0.15, 0.2) is 40.8 Å². The lowest BCUT2D eigenvalue weighted by Gasteiger charge is -1.97. The van der Waals surface area contributed by atoms with E-state index in [0.717, 1.165) is 27.9 Å². The molecular formula is C15H13ClN2O. The summed E-state index contributed by atoms with van der Waals surface area (Å²) in [4.78, 5) is 4.47. The molecule has 3 nitrogen and oxygen atoms in total. The van der Waals surface area contributed by atoms with Crippen molar-refractivity contribution in [3.05, 3.63) is 58.4 Å². The molecule has 2 N–H and O–H groups in total. The summed E-state index contributed by atoms with van der Waals surface area (Å²) in [6, 6.07) is 11.4. The molecule has 0 amide bonds. The van der Waals surface area contributed by atoms with E-state index in [-0.39, 0.29) is 0 Å². The summed E-state index contributed by atoms with van der Waals surface area (Å²) in [6.07, 6.45) is 0.645. The van der Waals surface area contributed by atoms with Crippen molar-refractivity contribution in [1.29, 1.82) is 0 Å². The fourth-order valence-electron chi connectivity index (χ4n) is 2.09. The van der Waals surface area contributed by atoms with Crippen LogP contribution in [0.1, 0.15) is 17.0 Å². The third-order valence-electron chi connectivity index (χ3n) is 3.02. The highest BCUT2D eigenvalue weighted by atomic mass is 35.5. The van der Waals surface area contributed by atoms with E-state index < -0.39 is 0 Å². The maximum atomic E-state index is 6.02. The number of nitrogens with two attached hydrogens (primary N) is 1. The summed E-state index contributed by atoms with van der Waals surface area (Å²) >= 11 is 6.02. The Kier molecular flexibility index (Phi) is 2.91. The first kappa shape index (κ1) is 12.1. The normalized spacial score (nSPS) is 11.1. The van der Waals surface area contributed by atoms with E-state index in [9.17, 15) is 0 Å². The molecule has 2 aromatic carbocycles. The molecule has 0 aliphatic rings. The smallest absolute Gasteiger partial charge is 0.199 e.